The summed E-state index contributed by atoms with van der Waals surface area (Å²) in [4.78, 5) is 11.6. The molecule has 0 saturated heterocycles. The van der Waals surface area contributed by atoms with E-state index in [0.717, 1.165) is 6.07 Å². The van der Waals surface area contributed by atoms with Crippen molar-refractivity contribution < 1.29 is 22.7 Å². The van der Waals surface area contributed by atoms with Crippen molar-refractivity contribution in [3.8, 4) is 6.07 Å². The van der Waals surface area contributed by atoms with Crippen LogP contribution in [0.25, 0.3) is 0 Å². The third-order valence-corrected chi connectivity index (χ3v) is 2.91. The number of carbonyl (C=O) groups excluding carboxylic acids is 1. The molecule has 0 fully saturated rings. The number of hydrogen-bond donors (Lipinski definition) is 0. The van der Waals surface area contributed by atoms with Crippen LogP contribution in [-0.4, -0.2) is 12.6 Å². The summed E-state index contributed by atoms with van der Waals surface area (Å²) in [6.07, 6.45) is -4.60. The Hall–Kier alpha value is -1.55. The van der Waals surface area contributed by atoms with Gasteiger partial charge in [-0.25, -0.2) is 4.79 Å². The SMILES string of the molecule is CCOC(=O)c1cc(C(F)(F)F)c(CBr)cc1C#N. The first-order valence-corrected chi connectivity index (χ1v) is 6.34. The highest BCUT2D eigenvalue weighted by molar-refractivity contribution is 9.08. The zero-order valence-electron chi connectivity index (χ0n) is 9.84. The number of carbonyl (C=O) groups is 1. The standard InChI is InChI=1S/C12H9BrF3NO2/c1-2-19-11(18)9-4-10(12(14,15)16)7(5-13)3-8(9)6-17/h3-4H,2,5H2,1H3. The maximum Gasteiger partial charge on any atom is 0.416 e. The second-order valence-corrected chi connectivity index (χ2v) is 4.08. The molecule has 3 nitrogen and oxygen atoms in total. The summed E-state index contributed by atoms with van der Waals surface area (Å²) in [7, 11) is 0. The fraction of sp³-hybridized carbons (Fsp3) is 0.333. The molecule has 0 N–H and O–H groups in total. The Labute approximate surface area is 116 Å². The van der Waals surface area contributed by atoms with Crippen molar-refractivity contribution in [2.45, 2.75) is 18.4 Å². The molecule has 0 spiro atoms. The summed E-state index contributed by atoms with van der Waals surface area (Å²) in [5.41, 5.74) is -1.56. The molecular formula is C12H9BrF3NO2. The number of nitrogens with zero attached hydrogens (tertiary/aromatic N) is 1. The highest BCUT2D eigenvalue weighted by atomic mass is 79.9. The molecule has 0 aliphatic heterocycles. The van der Waals surface area contributed by atoms with Crippen molar-refractivity contribution in [1.82, 2.24) is 0 Å². The lowest BCUT2D eigenvalue weighted by Gasteiger charge is -2.14. The van der Waals surface area contributed by atoms with Crippen LogP contribution in [0, 0.1) is 11.3 Å². The third kappa shape index (κ3) is 3.47. The first-order chi connectivity index (χ1) is 8.85. The maximum atomic E-state index is 12.8. The summed E-state index contributed by atoms with van der Waals surface area (Å²) < 4.78 is 43.2. The largest absolute Gasteiger partial charge is 0.462 e. The molecule has 7 heteroatoms. The van der Waals surface area contributed by atoms with Gasteiger partial charge in [0.2, 0.25) is 0 Å². The Morgan fingerprint density at radius 2 is 2.11 bits per heavy atom. The molecule has 0 aliphatic carbocycles. The lowest BCUT2D eigenvalue weighted by molar-refractivity contribution is -0.138. The van der Waals surface area contributed by atoms with Gasteiger partial charge in [-0.3, -0.25) is 0 Å². The van der Waals surface area contributed by atoms with Crippen LogP contribution in [0.4, 0.5) is 13.2 Å². The number of hydrogen-bond acceptors (Lipinski definition) is 3. The van der Waals surface area contributed by atoms with Crippen LogP contribution < -0.4 is 0 Å². The number of esters is 1. The molecule has 0 amide bonds. The molecule has 1 aromatic rings. The maximum absolute atomic E-state index is 12.8. The molecule has 1 aromatic carbocycles. The molecule has 0 radical (unpaired) electrons. The van der Waals surface area contributed by atoms with Gasteiger partial charge in [-0.2, -0.15) is 18.4 Å². The highest BCUT2D eigenvalue weighted by Gasteiger charge is 2.35. The summed E-state index contributed by atoms with van der Waals surface area (Å²) >= 11 is 2.93. The van der Waals surface area contributed by atoms with E-state index in [0.29, 0.717) is 6.07 Å². The normalized spacial score (nSPS) is 10.9. The zero-order chi connectivity index (χ0) is 14.6. The average Bonchev–Trinajstić information content (AvgIpc) is 2.36. The predicted octanol–water partition coefficient (Wildman–Crippen LogP) is 3.65. The molecule has 0 saturated carbocycles. The van der Waals surface area contributed by atoms with Crippen LogP contribution >= 0.6 is 15.9 Å². The summed E-state index contributed by atoms with van der Waals surface area (Å²) in [6.45, 7) is 1.55. The van der Waals surface area contributed by atoms with Gasteiger partial charge in [-0.05, 0) is 24.6 Å². The van der Waals surface area contributed by atoms with Crippen LogP contribution in [0.3, 0.4) is 0 Å². The van der Waals surface area contributed by atoms with Crippen LogP contribution in [0.1, 0.15) is 34.0 Å². The Kier molecular flexibility index (Phi) is 4.95. The predicted molar refractivity (Wildman–Crippen MR) is 64.7 cm³/mol. The van der Waals surface area contributed by atoms with Gasteiger partial charge in [0.15, 0.2) is 0 Å². The van der Waals surface area contributed by atoms with Crippen LogP contribution in [0.5, 0.6) is 0 Å². The monoisotopic (exact) mass is 335 g/mol. The van der Waals surface area contributed by atoms with E-state index in [4.69, 9.17) is 5.26 Å². The highest BCUT2D eigenvalue weighted by Crippen LogP contribution is 2.34. The van der Waals surface area contributed by atoms with Crippen molar-refractivity contribution in [1.29, 1.82) is 5.26 Å². The van der Waals surface area contributed by atoms with Gasteiger partial charge in [0.05, 0.1) is 23.3 Å². The van der Waals surface area contributed by atoms with E-state index in [1.54, 1.807) is 6.07 Å². The van der Waals surface area contributed by atoms with Gasteiger partial charge < -0.3 is 4.74 Å². The van der Waals surface area contributed by atoms with E-state index in [9.17, 15) is 18.0 Å². The Balaban J connectivity index is 3.47. The molecule has 0 atom stereocenters. The summed E-state index contributed by atoms with van der Waals surface area (Å²) in [6, 6.07) is 3.40. The quantitative estimate of drug-likeness (QED) is 0.625. The summed E-state index contributed by atoms with van der Waals surface area (Å²) in [5, 5.41) is 8.83. The Morgan fingerprint density at radius 3 is 2.53 bits per heavy atom. The second-order valence-electron chi connectivity index (χ2n) is 3.52. The van der Waals surface area contributed by atoms with Gasteiger partial charge in [-0.15, -0.1) is 0 Å². The fourth-order valence-corrected chi connectivity index (χ4v) is 1.95. The van der Waals surface area contributed by atoms with E-state index in [2.05, 4.69) is 20.7 Å². The topological polar surface area (TPSA) is 50.1 Å². The molecule has 102 valence electrons. The molecule has 0 aliphatic rings. The van der Waals surface area contributed by atoms with Gasteiger partial charge >= 0.3 is 12.1 Å². The van der Waals surface area contributed by atoms with Gasteiger partial charge in [0.1, 0.15) is 6.07 Å². The number of alkyl halides is 4. The molecular weight excluding hydrogens is 327 g/mol. The number of halogens is 4. The van der Waals surface area contributed by atoms with E-state index in [1.165, 1.54) is 6.92 Å². The zero-order valence-corrected chi connectivity index (χ0v) is 11.4. The number of nitriles is 1. The smallest absolute Gasteiger partial charge is 0.416 e. The Bertz CT molecular complexity index is 535. The Morgan fingerprint density at radius 1 is 1.47 bits per heavy atom. The lowest BCUT2D eigenvalue weighted by atomic mass is 9.99. The van der Waals surface area contributed by atoms with Crippen LogP contribution in [-0.2, 0) is 16.2 Å². The number of rotatable bonds is 3. The van der Waals surface area contributed by atoms with E-state index < -0.39 is 17.7 Å². The molecule has 19 heavy (non-hydrogen) atoms. The second kappa shape index (κ2) is 6.06. The van der Waals surface area contributed by atoms with Crippen LogP contribution in [0.2, 0.25) is 0 Å². The van der Waals surface area contributed by atoms with Crippen molar-refractivity contribution in [2.75, 3.05) is 6.61 Å². The molecule has 0 heterocycles. The third-order valence-electron chi connectivity index (χ3n) is 2.31. The van der Waals surface area contributed by atoms with Crippen LogP contribution in [0.15, 0.2) is 12.1 Å². The van der Waals surface area contributed by atoms with Gasteiger partial charge in [0, 0.05) is 5.33 Å². The van der Waals surface area contributed by atoms with Gasteiger partial charge in [0.25, 0.3) is 0 Å². The van der Waals surface area contributed by atoms with Crippen molar-refractivity contribution in [2.24, 2.45) is 0 Å². The fourth-order valence-electron chi connectivity index (χ4n) is 1.49. The minimum Gasteiger partial charge on any atom is -0.462 e. The first kappa shape index (κ1) is 15.5. The lowest BCUT2D eigenvalue weighted by Crippen LogP contribution is -2.14. The van der Waals surface area contributed by atoms with Crippen molar-refractivity contribution in [3.63, 3.8) is 0 Å². The van der Waals surface area contributed by atoms with E-state index in [-0.39, 0.29) is 28.6 Å². The molecule has 0 aromatic heterocycles. The molecule has 1 rings (SSSR count). The first-order valence-electron chi connectivity index (χ1n) is 5.22. The number of ether oxygens (including phenoxy) is 1. The number of benzene rings is 1. The summed E-state index contributed by atoms with van der Waals surface area (Å²) in [5.74, 6) is -0.939. The van der Waals surface area contributed by atoms with Crippen molar-refractivity contribution >= 4 is 21.9 Å². The average molecular weight is 336 g/mol. The molecule has 0 bridgehead atoms. The minimum absolute atomic E-state index is 0.0191. The van der Waals surface area contributed by atoms with Gasteiger partial charge in [-0.1, -0.05) is 15.9 Å². The van der Waals surface area contributed by atoms with E-state index >= 15 is 0 Å². The minimum atomic E-state index is -4.60. The van der Waals surface area contributed by atoms with E-state index in [1.807, 2.05) is 0 Å². The molecule has 0 unspecified atom stereocenters. The van der Waals surface area contributed by atoms with Crippen molar-refractivity contribution in [3.05, 3.63) is 34.4 Å².